The van der Waals surface area contributed by atoms with Gasteiger partial charge in [0.15, 0.2) is 5.82 Å². The van der Waals surface area contributed by atoms with Crippen LogP contribution in [0.2, 0.25) is 0 Å². The standard InChI is InChI=1S/C66H41N5/c1-3-19-42(20-4-1)45-39-46(43-21-5-2-6-22-43)41-47(40-45)69-55-32-14-10-27-51(55)63-60(69)37-38-61-64(63)52-28-11-15-33-56(52)70(61)58-35-18-36-59-62(58)50-26-9-16-34-57(50)71(59)66-65(67-53-30-12-13-31-54(53)68-66)49-29-17-24-44-23-7-8-25-48(44)49/h1-41H. The van der Waals surface area contributed by atoms with Gasteiger partial charge in [-0.25, -0.2) is 9.97 Å². The van der Waals surface area contributed by atoms with Crippen LogP contribution in [-0.2, 0) is 0 Å². The molecule has 0 aliphatic rings. The van der Waals surface area contributed by atoms with Gasteiger partial charge in [-0.2, -0.15) is 0 Å². The summed E-state index contributed by atoms with van der Waals surface area (Å²) in [5.74, 6) is 0.798. The highest BCUT2D eigenvalue weighted by atomic mass is 15.1. The first-order valence-electron chi connectivity index (χ1n) is 24.2. The van der Waals surface area contributed by atoms with Crippen molar-refractivity contribution < 1.29 is 0 Å². The number of hydrogen-bond acceptors (Lipinski definition) is 2. The molecule has 0 radical (unpaired) electrons. The Morgan fingerprint density at radius 3 is 1.41 bits per heavy atom. The number of hydrogen-bond donors (Lipinski definition) is 0. The molecule has 0 unspecified atom stereocenters. The van der Waals surface area contributed by atoms with E-state index in [0.29, 0.717) is 0 Å². The molecule has 0 atom stereocenters. The van der Waals surface area contributed by atoms with Crippen LogP contribution in [-0.4, -0.2) is 23.7 Å². The van der Waals surface area contributed by atoms with Crippen molar-refractivity contribution in [1.82, 2.24) is 23.7 Å². The van der Waals surface area contributed by atoms with Crippen molar-refractivity contribution >= 4 is 87.2 Å². The third-order valence-corrected chi connectivity index (χ3v) is 14.6. The van der Waals surface area contributed by atoms with E-state index in [-0.39, 0.29) is 0 Å². The number of rotatable bonds is 6. The van der Waals surface area contributed by atoms with Gasteiger partial charge in [-0.1, -0.05) is 176 Å². The minimum atomic E-state index is 0.798. The lowest BCUT2D eigenvalue weighted by molar-refractivity contribution is 1.08. The van der Waals surface area contributed by atoms with Gasteiger partial charge in [-0.05, 0) is 106 Å². The van der Waals surface area contributed by atoms with Crippen LogP contribution >= 0.6 is 0 Å². The van der Waals surface area contributed by atoms with Gasteiger partial charge in [0.1, 0.15) is 5.69 Å². The molecule has 0 aliphatic heterocycles. The molecule has 4 heterocycles. The Balaban J connectivity index is 1.02. The average molecular weight is 904 g/mol. The molecular formula is C66H41N5. The van der Waals surface area contributed by atoms with Gasteiger partial charge in [-0.3, -0.25) is 4.57 Å². The number of nitrogens with zero attached hydrogens (tertiary/aromatic N) is 5. The van der Waals surface area contributed by atoms with E-state index in [1.807, 2.05) is 12.1 Å². The summed E-state index contributed by atoms with van der Waals surface area (Å²) < 4.78 is 7.32. The highest BCUT2D eigenvalue weighted by Gasteiger charge is 2.25. The molecule has 0 saturated heterocycles. The number of aromatic nitrogens is 5. The van der Waals surface area contributed by atoms with Crippen LogP contribution in [0.1, 0.15) is 0 Å². The maximum absolute atomic E-state index is 5.52. The average Bonchev–Trinajstić information content (AvgIpc) is 4.09. The van der Waals surface area contributed by atoms with Gasteiger partial charge in [-0.15, -0.1) is 0 Å². The third-order valence-electron chi connectivity index (χ3n) is 14.6. The molecule has 0 amide bonds. The second-order valence-corrected chi connectivity index (χ2v) is 18.5. The molecule has 0 aliphatic carbocycles. The van der Waals surface area contributed by atoms with Gasteiger partial charge in [0.25, 0.3) is 0 Å². The fraction of sp³-hybridized carbons (Fsp3) is 0. The van der Waals surface area contributed by atoms with Crippen molar-refractivity contribution in [3.05, 3.63) is 249 Å². The molecule has 15 rings (SSSR count). The molecule has 0 fully saturated rings. The fourth-order valence-electron chi connectivity index (χ4n) is 11.6. The molecular weight excluding hydrogens is 863 g/mol. The summed E-state index contributed by atoms with van der Waals surface area (Å²) in [6.45, 7) is 0. The Kier molecular flexibility index (Phi) is 8.59. The first kappa shape index (κ1) is 39.4. The topological polar surface area (TPSA) is 40.6 Å². The Hall–Kier alpha value is -9.58. The molecule has 5 heteroatoms. The normalized spacial score (nSPS) is 11.9. The zero-order valence-corrected chi connectivity index (χ0v) is 38.4. The van der Waals surface area contributed by atoms with Crippen LogP contribution in [0.5, 0.6) is 0 Å². The molecule has 0 saturated carbocycles. The quantitative estimate of drug-likeness (QED) is 0.167. The molecule has 0 spiro atoms. The molecule has 0 N–H and O–H groups in total. The molecule has 4 aromatic heterocycles. The molecule has 11 aromatic carbocycles. The minimum absolute atomic E-state index is 0.798. The van der Waals surface area contributed by atoms with Gasteiger partial charge in [0.2, 0.25) is 0 Å². The van der Waals surface area contributed by atoms with Crippen molar-refractivity contribution in [3.63, 3.8) is 0 Å². The number of para-hydroxylation sites is 5. The van der Waals surface area contributed by atoms with Crippen molar-refractivity contribution in [2.45, 2.75) is 0 Å². The van der Waals surface area contributed by atoms with E-state index in [2.05, 4.69) is 250 Å². The summed E-state index contributed by atoms with van der Waals surface area (Å²) in [7, 11) is 0. The van der Waals surface area contributed by atoms with Gasteiger partial charge < -0.3 is 9.13 Å². The van der Waals surface area contributed by atoms with Gasteiger partial charge in [0.05, 0.1) is 49.8 Å². The Morgan fingerprint density at radius 2 is 0.746 bits per heavy atom. The maximum Gasteiger partial charge on any atom is 0.165 e. The number of benzene rings is 11. The Morgan fingerprint density at radius 1 is 0.282 bits per heavy atom. The lowest BCUT2D eigenvalue weighted by atomic mass is 9.98. The highest BCUT2D eigenvalue weighted by Crippen LogP contribution is 2.46. The summed E-state index contributed by atoms with van der Waals surface area (Å²) in [6.07, 6.45) is 0. The summed E-state index contributed by atoms with van der Waals surface area (Å²) >= 11 is 0. The monoisotopic (exact) mass is 903 g/mol. The van der Waals surface area contributed by atoms with Crippen LogP contribution in [0.3, 0.4) is 0 Å². The van der Waals surface area contributed by atoms with Gasteiger partial charge >= 0.3 is 0 Å². The van der Waals surface area contributed by atoms with Crippen LogP contribution in [0.25, 0.3) is 138 Å². The molecule has 15 aromatic rings. The first-order valence-corrected chi connectivity index (χ1v) is 24.2. The zero-order chi connectivity index (χ0) is 46.6. The molecule has 0 bridgehead atoms. The predicted octanol–water partition coefficient (Wildman–Crippen LogP) is 17.1. The van der Waals surface area contributed by atoms with E-state index in [1.54, 1.807) is 0 Å². The summed E-state index contributed by atoms with van der Waals surface area (Å²) in [5, 5.41) is 9.49. The van der Waals surface area contributed by atoms with Crippen molar-refractivity contribution in [2.24, 2.45) is 0 Å². The first-order chi connectivity index (χ1) is 35.2. The Labute approximate surface area is 408 Å². The largest absolute Gasteiger partial charge is 0.309 e. The minimum Gasteiger partial charge on any atom is -0.309 e. The van der Waals surface area contributed by atoms with Crippen molar-refractivity contribution in [1.29, 1.82) is 0 Å². The summed E-state index contributed by atoms with van der Waals surface area (Å²) in [4.78, 5) is 11.0. The van der Waals surface area contributed by atoms with Crippen LogP contribution in [0.15, 0.2) is 249 Å². The lowest BCUT2D eigenvalue weighted by Crippen LogP contribution is -2.04. The van der Waals surface area contributed by atoms with E-state index in [1.165, 1.54) is 49.3 Å². The smallest absolute Gasteiger partial charge is 0.165 e. The summed E-state index contributed by atoms with van der Waals surface area (Å²) in [6, 6.07) is 89.8. The van der Waals surface area contributed by atoms with Crippen LogP contribution in [0.4, 0.5) is 0 Å². The van der Waals surface area contributed by atoms with Gasteiger partial charge in [0, 0.05) is 43.6 Å². The van der Waals surface area contributed by atoms with E-state index >= 15 is 0 Å². The van der Waals surface area contributed by atoms with Crippen LogP contribution in [0, 0.1) is 0 Å². The van der Waals surface area contributed by atoms with Crippen molar-refractivity contribution in [2.75, 3.05) is 0 Å². The zero-order valence-electron chi connectivity index (χ0n) is 38.4. The van der Waals surface area contributed by atoms with Crippen LogP contribution < -0.4 is 0 Å². The molecule has 5 nitrogen and oxygen atoms in total. The predicted molar refractivity (Wildman–Crippen MR) is 296 cm³/mol. The SMILES string of the molecule is c1ccc(-c2cc(-c3ccccc3)cc(-n3c4ccccc4c4c5c6ccccc6n(-c6cccc7c6c6ccccc6n7-c6nc7ccccc7nc6-c6cccc7ccccc67)c5ccc43)c2)cc1. The fourth-order valence-corrected chi connectivity index (χ4v) is 11.6. The van der Waals surface area contributed by atoms with E-state index < -0.39 is 0 Å². The third kappa shape index (κ3) is 5.93. The highest BCUT2D eigenvalue weighted by molar-refractivity contribution is 6.29. The lowest BCUT2D eigenvalue weighted by Gasteiger charge is -2.15. The maximum atomic E-state index is 5.52. The van der Waals surface area contributed by atoms with E-state index in [0.717, 1.165) is 88.6 Å². The Bertz CT molecular complexity index is 4570. The van der Waals surface area contributed by atoms with E-state index in [4.69, 9.17) is 9.97 Å². The van der Waals surface area contributed by atoms with Crippen molar-refractivity contribution in [3.8, 4) is 50.7 Å². The number of fused-ring (bicyclic) bond motifs is 12. The second-order valence-electron chi connectivity index (χ2n) is 18.5. The second kappa shape index (κ2) is 15.5. The summed E-state index contributed by atoms with van der Waals surface area (Å²) in [5.41, 5.74) is 17.3. The molecule has 71 heavy (non-hydrogen) atoms. The molecule has 330 valence electrons. The van der Waals surface area contributed by atoms with E-state index in [9.17, 15) is 0 Å².